The van der Waals surface area contributed by atoms with Crippen LogP contribution < -0.4 is 5.73 Å². The third kappa shape index (κ3) is 2.24. The highest BCUT2D eigenvalue weighted by atomic mass is 35.5. The molecule has 0 saturated carbocycles. The monoisotopic (exact) mass is 193 g/mol. The Balaban J connectivity index is 3.02. The molecule has 2 heteroatoms. The van der Waals surface area contributed by atoms with E-state index in [1.807, 2.05) is 25.1 Å². The second-order valence-electron chi connectivity index (χ2n) is 2.99. The van der Waals surface area contributed by atoms with Crippen LogP contribution in [0.1, 0.15) is 23.6 Å². The Hall–Kier alpha value is -0.970. The summed E-state index contributed by atoms with van der Waals surface area (Å²) in [5, 5.41) is 0.727. The number of benzene rings is 1. The zero-order valence-corrected chi connectivity index (χ0v) is 8.31. The lowest BCUT2D eigenvalue weighted by Gasteiger charge is -2.11. The predicted molar refractivity (Wildman–Crippen MR) is 56.6 cm³/mol. The van der Waals surface area contributed by atoms with Gasteiger partial charge in [-0.2, -0.15) is 0 Å². The Labute approximate surface area is 83.9 Å². The van der Waals surface area contributed by atoms with E-state index in [2.05, 4.69) is 5.92 Å². The minimum absolute atomic E-state index is 0.155. The van der Waals surface area contributed by atoms with Gasteiger partial charge in [0.2, 0.25) is 0 Å². The first-order valence-electron chi connectivity index (χ1n) is 4.11. The van der Waals surface area contributed by atoms with Gasteiger partial charge in [0.05, 0.1) is 0 Å². The van der Waals surface area contributed by atoms with Crippen LogP contribution in [0.3, 0.4) is 0 Å². The van der Waals surface area contributed by atoms with Crippen LogP contribution in [0.15, 0.2) is 18.2 Å². The molecule has 1 nitrogen and oxygen atoms in total. The van der Waals surface area contributed by atoms with Crippen molar-refractivity contribution < 1.29 is 0 Å². The van der Waals surface area contributed by atoms with Gasteiger partial charge in [-0.05, 0) is 18.1 Å². The van der Waals surface area contributed by atoms with E-state index in [1.54, 1.807) is 0 Å². The number of rotatable bonds is 2. The molecule has 1 aromatic rings. The van der Waals surface area contributed by atoms with Gasteiger partial charge in [0.15, 0.2) is 0 Å². The molecule has 1 rings (SSSR count). The van der Waals surface area contributed by atoms with Crippen LogP contribution in [0.5, 0.6) is 0 Å². The lowest BCUT2D eigenvalue weighted by atomic mass is 10.0. The fourth-order valence-electron chi connectivity index (χ4n) is 1.19. The van der Waals surface area contributed by atoms with Crippen molar-refractivity contribution in [1.82, 2.24) is 0 Å². The van der Waals surface area contributed by atoms with Gasteiger partial charge in [0.25, 0.3) is 0 Å². The van der Waals surface area contributed by atoms with Gasteiger partial charge in [0.1, 0.15) is 0 Å². The Bertz CT molecular complexity index is 338. The lowest BCUT2D eigenvalue weighted by molar-refractivity contribution is 0.754. The fraction of sp³-hybridized carbons (Fsp3) is 0.273. The zero-order chi connectivity index (χ0) is 9.84. The van der Waals surface area contributed by atoms with Crippen molar-refractivity contribution in [1.29, 1.82) is 0 Å². The molecule has 0 bridgehead atoms. The fourth-order valence-corrected chi connectivity index (χ4v) is 1.46. The van der Waals surface area contributed by atoms with Crippen molar-refractivity contribution in [2.75, 3.05) is 0 Å². The molecule has 0 heterocycles. The maximum atomic E-state index is 6.08. The summed E-state index contributed by atoms with van der Waals surface area (Å²) >= 11 is 6.08. The zero-order valence-electron chi connectivity index (χ0n) is 7.55. The van der Waals surface area contributed by atoms with Crippen molar-refractivity contribution in [3.63, 3.8) is 0 Å². The minimum atomic E-state index is -0.155. The number of nitrogens with two attached hydrogens (primary N) is 1. The van der Waals surface area contributed by atoms with E-state index in [0.29, 0.717) is 6.42 Å². The second-order valence-corrected chi connectivity index (χ2v) is 3.37. The first kappa shape index (κ1) is 10.1. The summed E-state index contributed by atoms with van der Waals surface area (Å²) in [4.78, 5) is 0. The van der Waals surface area contributed by atoms with Gasteiger partial charge in [-0.25, -0.2) is 0 Å². The average molecular weight is 194 g/mol. The molecule has 1 atom stereocenters. The molecule has 0 saturated heterocycles. The van der Waals surface area contributed by atoms with Crippen molar-refractivity contribution in [3.05, 3.63) is 34.3 Å². The Kier molecular flexibility index (Phi) is 3.36. The summed E-state index contributed by atoms with van der Waals surface area (Å²) < 4.78 is 0. The van der Waals surface area contributed by atoms with Crippen LogP contribution in [0.4, 0.5) is 0 Å². The molecule has 0 aromatic heterocycles. The summed E-state index contributed by atoms with van der Waals surface area (Å²) in [6.07, 6.45) is 5.70. The van der Waals surface area contributed by atoms with Crippen LogP contribution in [-0.2, 0) is 0 Å². The van der Waals surface area contributed by atoms with Gasteiger partial charge in [-0.3, -0.25) is 0 Å². The Morgan fingerprint density at radius 3 is 2.92 bits per heavy atom. The maximum Gasteiger partial charge on any atom is 0.0483 e. The molecule has 13 heavy (non-hydrogen) atoms. The highest BCUT2D eigenvalue weighted by molar-refractivity contribution is 6.32. The molecule has 2 N–H and O–H groups in total. The average Bonchev–Trinajstić information content (AvgIpc) is 2.10. The van der Waals surface area contributed by atoms with Crippen LogP contribution in [-0.4, -0.2) is 0 Å². The number of terminal acetylenes is 1. The third-order valence-electron chi connectivity index (χ3n) is 1.96. The van der Waals surface area contributed by atoms with Gasteiger partial charge < -0.3 is 5.73 Å². The van der Waals surface area contributed by atoms with E-state index in [1.165, 1.54) is 0 Å². The van der Waals surface area contributed by atoms with Crippen LogP contribution in [0, 0.1) is 19.3 Å². The third-order valence-corrected chi connectivity index (χ3v) is 2.48. The lowest BCUT2D eigenvalue weighted by Crippen LogP contribution is -2.10. The van der Waals surface area contributed by atoms with E-state index in [9.17, 15) is 0 Å². The van der Waals surface area contributed by atoms with E-state index in [4.69, 9.17) is 23.8 Å². The second kappa shape index (κ2) is 4.32. The van der Waals surface area contributed by atoms with E-state index < -0.39 is 0 Å². The molecule has 0 aliphatic rings. The van der Waals surface area contributed by atoms with Crippen molar-refractivity contribution in [2.45, 2.75) is 19.4 Å². The van der Waals surface area contributed by atoms with Crippen molar-refractivity contribution in [3.8, 4) is 12.3 Å². The predicted octanol–water partition coefficient (Wildman–Crippen LogP) is 2.67. The van der Waals surface area contributed by atoms with E-state index >= 15 is 0 Å². The largest absolute Gasteiger partial charge is 0.323 e. The van der Waals surface area contributed by atoms with Gasteiger partial charge in [-0.1, -0.05) is 29.8 Å². The molecule has 68 valence electrons. The molecule has 0 spiro atoms. The molecule has 0 aliphatic carbocycles. The summed E-state index contributed by atoms with van der Waals surface area (Å²) in [7, 11) is 0. The van der Waals surface area contributed by atoms with E-state index in [-0.39, 0.29) is 6.04 Å². The number of aryl methyl sites for hydroxylation is 1. The van der Waals surface area contributed by atoms with Gasteiger partial charge in [-0.15, -0.1) is 12.3 Å². The number of hydrogen-bond donors (Lipinski definition) is 1. The first-order valence-corrected chi connectivity index (χ1v) is 4.48. The molecule has 1 unspecified atom stereocenters. The quantitative estimate of drug-likeness (QED) is 0.719. The first-order chi connectivity index (χ1) is 6.16. The summed E-state index contributed by atoms with van der Waals surface area (Å²) in [5.74, 6) is 2.53. The molecular formula is C11H12ClN. The number of hydrogen-bond acceptors (Lipinski definition) is 1. The van der Waals surface area contributed by atoms with E-state index in [0.717, 1.165) is 16.1 Å². The molecular weight excluding hydrogens is 182 g/mol. The summed E-state index contributed by atoms with van der Waals surface area (Å²) in [6, 6.07) is 5.65. The molecule has 0 radical (unpaired) electrons. The molecule has 0 amide bonds. The maximum absolute atomic E-state index is 6.08. The highest BCUT2D eigenvalue weighted by Crippen LogP contribution is 2.26. The smallest absolute Gasteiger partial charge is 0.0483 e. The van der Waals surface area contributed by atoms with Crippen LogP contribution in [0.2, 0.25) is 5.02 Å². The highest BCUT2D eigenvalue weighted by Gasteiger charge is 2.09. The number of halogens is 1. The summed E-state index contributed by atoms with van der Waals surface area (Å²) in [5.41, 5.74) is 7.81. The van der Waals surface area contributed by atoms with Crippen molar-refractivity contribution in [2.24, 2.45) is 5.73 Å². The topological polar surface area (TPSA) is 26.0 Å². The molecule has 0 fully saturated rings. The van der Waals surface area contributed by atoms with Crippen LogP contribution in [0.25, 0.3) is 0 Å². The Morgan fingerprint density at radius 2 is 2.31 bits per heavy atom. The van der Waals surface area contributed by atoms with Crippen LogP contribution >= 0.6 is 11.6 Å². The van der Waals surface area contributed by atoms with Crippen molar-refractivity contribution >= 4 is 11.6 Å². The van der Waals surface area contributed by atoms with Gasteiger partial charge in [0, 0.05) is 17.5 Å². The molecule has 0 aliphatic heterocycles. The Morgan fingerprint density at radius 1 is 1.62 bits per heavy atom. The SMILES string of the molecule is C#CCC(N)c1cccc(C)c1Cl. The summed E-state index contributed by atoms with van der Waals surface area (Å²) in [6.45, 7) is 1.95. The van der Waals surface area contributed by atoms with Gasteiger partial charge >= 0.3 is 0 Å². The normalized spacial score (nSPS) is 12.2. The minimum Gasteiger partial charge on any atom is -0.323 e. The molecule has 1 aromatic carbocycles. The standard InChI is InChI=1S/C11H12ClN/c1-3-5-10(13)9-7-4-6-8(2)11(9)12/h1,4,6-7,10H,5,13H2,2H3.